The second-order valence-corrected chi connectivity index (χ2v) is 6.85. The lowest BCUT2D eigenvalue weighted by Crippen LogP contribution is -2.18. The second-order valence-electron chi connectivity index (χ2n) is 6.85. The number of aromatic nitrogens is 2. The number of benzene rings is 2. The molecule has 1 aromatic heterocycles. The molecule has 0 bridgehead atoms. The van der Waals surface area contributed by atoms with E-state index >= 15 is 0 Å². The summed E-state index contributed by atoms with van der Waals surface area (Å²) in [7, 11) is 3.93. The van der Waals surface area contributed by atoms with Gasteiger partial charge in [-0.15, -0.1) is 0 Å². The molecule has 0 aliphatic carbocycles. The first kappa shape index (κ1) is 20.4. The number of nitrogens with one attached hydrogen (secondary N) is 1. The molecule has 0 aliphatic rings. The van der Waals surface area contributed by atoms with Crippen LogP contribution in [0, 0.1) is 0 Å². The van der Waals surface area contributed by atoms with Crippen LogP contribution in [-0.4, -0.2) is 29.8 Å². The van der Waals surface area contributed by atoms with Crippen molar-refractivity contribution in [2.45, 2.75) is 19.1 Å². The Morgan fingerprint density at radius 1 is 1.00 bits per heavy atom. The van der Waals surface area contributed by atoms with Gasteiger partial charge < -0.3 is 10.2 Å². The topological polar surface area (TPSA) is 50.2 Å². The Hall–Kier alpha value is -3.29. The third kappa shape index (κ3) is 5.37. The molecule has 152 valence electrons. The SMILES string of the molecule is CN(C)c1ccc(Cn2nccc2NC(=O)Cc2ccc(C(F)(F)F)cc2)cc1. The average Bonchev–Trinajstić information content (AvgIpc) is 3.08. The maximum Gasteiger partial charge on any atom is 0.416 e. The Bertz CT molecular complexity index is 961. The summed E-state index contributed by atoms with van der Waals surface area (Å²) in [5, 5.41) is 7.00. The minimum absolute atomic E-state index is 0.0269. The van der Waals surface area contributed by atoms with E-state index in [1.165, 1.54) is 12.1 Å². The van der Waals surface area contributed by atoms with Crippen LogP contribution < -0.4 is 10.2 Å². The number of nitrogens with zero attached hydrogens (tertiary/aromatic N) is 3. The molecule has 1 heterocycles. The van der Waals surface area contributed by atoms with Gasteiger partial charge in [-0.3, -0.25) is 4.79 Å². The van der Waals surface area contributed by atoms with Gasteiger partial charge in [-0.2, -0.15) is 18.3 Å². The quantitative estimate of drug-likeness (QED) is 0.673. The normalized spacial score (nSPS) is 11.3. The summed E-state index contributed by atoms with van der Waals surface area (Å²) >= 11 is 0. The standard InChI is InChI=1S/C21H21F3N4O/c1-27(2)18-9-5-16(6-10-18)14-28-19(11-12-25-28)26-20(29)13-15-3-7-17(8-4-15)21(22,23)24/h3-12H,13-14H2,1-2H3,(H,26,29). The molecule has 8 heteroatoms. The van der Waals surface area contributed by atoms with Crippen LogP contribution in [0.15, 0.2) is 60.8 Å². The zero-order valence-electron chi connectivity index (χ0n) is 16.1. The third-order valence-electron chi connectivity index (χ3n) is 4.42. The summed E-state index contributed by atoms with van der Waals surface area (Å²) in [5.74, 6) is 0.202. The number of rotatable bonds is 6. The molecule has 0 unspecified atom stereocenters. The highest BCUT2D eigenvalue weighted by Gasteiger charge is 2.29. The van der Waals surface area contributed by atoms with E-state index in [9.17, 15) is 18.0 Å². The molecule has 3 aromatic rings. The van der Waals surface area contributed by atoms with Crippen LogP contribution in [0.3, 0.4) is 0 Å². The average molecular weight is 402 g/mol. The van der Waals surface area contributed by atoms with Gasteiger partial charge in [0.05, 0.1) is 24.7 Å². The van der Waals surface area contributed by atoms with Crippen molar-refractivity contribution in [3.63, 3.8) is 0 Å². The Morgan fingerprint density at radius 3 is 2.21 bits per heavy atom. The van der Waals surface area contributed by atoms with E-state index in [-0.39, 0.29) is 12.3 Å². The fraction of sp³-hybridized carbons (Fsp3) is 0.238. The van der Waals surface area contributed by atoms with Crippen LogP contribution >= 0.6 is 0 Å². The van der Waals surface area contributed by atoms with Gasteiger partial charge in [-0.25, -0.2) is 4.68 Å². The van der Waals surface area contributed by atoms with Crippen LogP contribution in [0.5, 0.6) is 0 Å². The van der Waals surface area contributed by atoms with E-state index in [1.807, 2.05) is 43.3 Å². The van der Waals surface area contributed by atoms with E-state index in [2.05, 4.69) is 10.4 Å². The number of carbonyl (C=O) groups excluding carboxylic acids is 1. The van der Waals surface area contributed by atoms with Gasteiger partial charge in [-0.1, -0.05) is 24.3 Å². The predicted octanol–water partition coefficient (Wildman–Crippen LogP) is 4.20. The number of alkyl halides is 3. The van der Waals surface area contributed by atoms with E-state index in [0.29, 0.717) is 17.9 Å². The lowest BCUT2D eigenvalue weighted by Gasteiger charge is -2.13. The van der Waals surface area contributed by atoms with E-state index in [4.69, 9.17) is 0 Å². The molecule has 0 saturated carbocycles. The molecule has 0 saturated heterocycles. The number of halogens is 3. The highest BCUT2D eigenvalue weighted by Crippen LogP contribution is 2.29. The highest BCUT2D eigenvalue weighted by atomic mass is 19.4. The molecule has 1 amide bonds. The van der Waals surface area contributed by atoms with E-state index < -0.39 is 11.7 Å². The zero-order valence-corrected chi connectivity index (χ0v) is 16.1. The maximum atomic E-state index is 12.6. The minimum Gasteiger partial charge on any atom is -0.378 e. The molecule has 0 radical (unpaired) electrons. The summed E-state index contributed by atoms with van der Waals surface area (Å²) in [5.41, 5.74) is 1.87. The largest absolute Gasteiger partial charge is 0.416 e. The zero-order chi connectivity index (χ0) is 21.0. The van der Waals surface area contributed by atoms with Crippen LogP contribution in [0.25, 0.3) is 0 Å². The Labute approximate surface area is 166 Å². The number of amides is 1. The lowest BCUT2D eigenvalue weighted by atomic mass is 10.1. The van der Waals surface area contributed by atoms with Crippen molar-refractivity contribution in [2.24, 2.45) is 0 Å². The monoisotopic (exact) mass is 402 g/mol. The van der Waals surface area contributed by atoms with E-state index in [1.54, 1.807) is 16.9 Å². The molecule has 0 aliphatic heterocycles. The van der Waals surface area contributed by atoms with Gasteiger partial charge >= 0.3 is 6.18 Å². The van der Waals surface area contributed by atoms with Crippen molar-refractivity contribution in [3.8, 4) is 0 Å². The van der Waals surface area contributed by atoms with Crippen molar-refractivity contribution >= 4 is 17.4 Å². The van der Waals surface area contributed by atoms with Gasteiger partial charge in [0.25, 0.3) is 0 Å². The first-order chi connectivity index (χ1) is 13.7. The van der Waals surface area contributed by atoms with Crippen LogP contribution in [0.4, 0.5) is 24.7 Å². The Kier molecular flexibility index (Phi) is 5.91. The summed E-state index contributed by atoms with van der Waals surface area (Å²) < 4.78 is 39.5. The van der Waals surface area contributed by atoms with Crippen molar-refractivity contribution in [3.05, 3.63) is 77.5 Å². The molecule has 0 fully saturated rings. The Balaban J connectivity index is 1.62. The molecule has 2 aromatic carbocycles. The number of anilines is 2. The van der Waals surface area contributed by atoms with Crippen LogP contribution in [-0.2, 0) is 23.9 Å². The molecule has 1 N–H and O–H groups in total. The molecule has 3 rings (SSSR count). The van der Waals surface area contributed by atoms with Gasteiger partial charge in [0, 0.05) is 25.8 Å². The number of hydrogen-bond donors (Lipinski definition) is 1. The fourth-order valence-corrected chi connectivity index (χ4v) is 2.82. The summed E-state index contributed by atoms with van der Waals surface area (Å²) in [6, 6.07) is 14.2. The smallest absolute Gasteiger partial charge is 0.378 e. The first-order valence-corrected chi connectivity index (χ1v) is 8.96. The number of carbonyl (C=O) groups is 1. The van der Waals surface area contributed by atoms with Crippen molar-refractivity contribution in [2.75, 3.05) is 24.3 Å². The highest BCUT2D eigenvalue weighted by molar-refractivity contribution is 5.91. The molecule has 5 nitrogen and oxygen atoms in total. The maximum absolute atomic E-state index is 12.6. The molecular formula is C21H21F3N4O. The second kappa shape index (κ2) is 8.38. The predicted molar refractivity (Wildman–Crippen MR) is 106 cm³/mol. The molecular weight excluding hydrogens is 381 g/mol. The molecule has 0 spiro atoms. The van der Waals surface area contributed by atoms with Crippen molar-refractivity contribution < 1.29 is 18.0 Å². The van der Waals surface area contributed by atoms with E-state index in [0.717, 1.165) is 23.4 Å². The Morgan fingerprint density at radius 2 is 1.62 bits per heavy atom. The van der Waals surface area contributed by atoms with Gasteiger partial charge in [0.15, 0.2) is 0 Å². The van der Waals surface area contributed by atoms with Crippen molar-refractivity contribution in [1.82, 2.24) is 9.78 Å². The number of hydrogen-bond acceptors (Lipinski definition) is 3. The van der Waals surface area contributed by atoms with Gasteiger partial charge in [-0.05, 0) is 35.4 Å². The lowest BCUT2D eigenvalue weighted by molar-refractivity contribution is -0.137. The van der Waals surface area contributed by atoms with Crippen LogP contribution in [0.2, 0.25) is 0 Å². The van der Waals surface area contributed by atoms with Gasteiger partial charge in [0.2, 0.25) is 5.91 Å². The fourth-order valence-electron chi connectivity index (χ4n) is 2.82. The van der Waals surface area contributed by atoms with Crippen LogP contribution in [0.1, 0.15) is 16.7 Å². The van der Waals surface area contributed by atoms with Crippen molar-refractivity contribution in [1.29, 1.82) is 0 Å². The summed E-state index contributed by atoms with van der Waals surface area (Å²) in [6.07, 6.45) is -2.83. The molecule has 0 atom stereocenters. The summed E-state index contributed by atoms with van der Waals surface area (Å²) in [6.45, 7) is 0.483. The minimum atomic E-state index is -4.39. The first-order valence-electron chi connectivity index (χ1n) is 8.96. The van der Waals surface area contributed by atoms with Gasteiger partial charge in [0.1, 0.15) is 5.82 Å². The summed E-state index contributed by atoms with van der Waals surface area (Å²) in [4.78, 5) is 14.3. The third-order valence-corrected chi connectivity index (χ3v) is 4.42. The molecule has 29 heavy (non-hydrogen) atoms.